The second-order valence-corrected chi connectivity index (χ2v) is 7.82. The highest BCUT2D eigenvalue weighted by Crippen LogP contribution is 2.44. The predicted octanol–water partition coefficient (Wildman–Crippen LogP) is 2.52. The van der Waals surface area contributed by atoms with Gasteiger partial charge in [-0.15, -0.1) is 0 Å². The standard InChI is InChI=1S/C22H13ClN2O6/c23-9-5-7-10(8-6-9)25-20(28)13-14(21(25)29)17(22(30)31)24-16(13)15-18(26)11-3-1-2-4-12(11)19(15)27/h1-8,13-14,17,26H,(H,30,31)/t13-,14+,17+/m1/s1. The van der Waals surface area contributed by atoms with Gasteiger partial charge in [-0.2, -0.15) is 0 Å². The molecule has 2 aromatic rings. The lowest BCUT2D eigenvalue weighted by molar-refractivity contribution is -0.141. The van der Waals surface area contributed by atoms with Crippen molar-refractivity contribution in [2.45, 2.75) is 6.04 Å². The number of carboxylic acids is 1. The number of ketones is 1. The summed E-state index contributed by atoms with van der Waals surface area (Å²) in [6, 6.07) is 10.7. The molecule has 9 heteroatoms. The smallest absolute Gasteiger partial charge is 0.329 e. The number of hydrogen-bond acceptors (Lipinski definition) is 6. The van der Waals surface area contributed by atoms with E-state index >= 15 is 0 Å². The van der Waals surface area contributed by atoms with E-state index in [1.165, 1.54) is 30.3 Å². The number of carbonyl (C=O) groups excluding carboxylic acids is 3. The fourth-order valence-electron chi connectivity index (χ4n) is 4.38. The normalized spacial score (nSPS) is 24.5. The molecule has 2 N–H and O–H groups in total. The number of amides is 2. The van der Waals surface area contributed by atoms with Crippen LogP contribution in [0, 0.1) is 11.8 Å². The van der Waals surface area contributed by atoms with Gasteiger partial charge in [-0.25, -0.2) is 9.69 Å². The van der Waals surface area contributed by atoms with Gasteiger partial charge in [0.2, 0.25) is 11.8 Å². The molecule has 31 heavy (non-hydrogen) atoms. The van der Waals surface area contributed by atoms with Crippen LogP contribution in [-0.4, -0.2) is 45.5 Å². The number of Topliss-reactive ketones (excluding diaryl/α,β-unsaturated/α-hetero) is 1. The molecule has 8 nitrogen and oxygen atoms in total. The number of benzene rings is 2. The van der Waals surface area contributed by atoms with Crippen molar-refractivity contribution in [2.75, 3.05) is 4.90 Å². The number of fused-ring (bicyclic) bond motifs is 2. The van der Waals surface area contributed by atoms with Crippen molar-refractivity contribution in [1.82, 2.24) is 0 Å². The summed E-state index contributed by atoms with van der Waals surface area (Å²) in [6.07, 6.45) is 0. The Morgan fingerprint density at radius 3 is 2.23 bits per heavy atom. The molecule has 5 rings (SSSR count). The van der Waals surface area contributed by atoms with Gasteiger partial charge < -0.3 is 10.2 Å². The summed E-state index contributed by atoms with van der Waals surface area (Å²) >= 11 is 5.88. The number of aliphatic hydroxyl groups is 1. The van der Waals surface area contributed by atoms with E-state index in [-0.39, 0.29) is 33.9 Å². The van der Waals surface area contributed by atoms with Gasteiger partial charge in [0.15, 0.2) is 11.8 Å². The maximum atomic E-state index is 13.3. The maximum absolute atomic E-state index is 13.3. The molecule has 1 saturated heterocycles. The number of allylic oxidation sites excluding steroid dienone is 1. The van der Waals surface area contributed by atoms with Crippen LogP contribution in [0.4, 0.5) is 5.69 Å². The summed E-state index contributed by atoms with van der Waals surface area (Å²) in [5, 5.41) is 20.7. The molecule has 0 saturated carbocycles. The van der Waals surface area contributed by atoms with Gasteiger partial charge >= 0.3 is 5.97 Å². The molecule has 0 unspecified atom stereocenters. The van der Waals surface area contributed by atoms with E-state index in [0.717, 1.165) is 4.90 Å². The van der Waals surface area contributed by atoms with Crippen molar-refractivity contribution in [3.05, 3.63) is 70.3 Å². The molecule has 1 fully saturated rings. The fourth-order valence-corrected chi connectivity index (χ4v) is 4.51. The number of imide groups is 1. The second kappa shape index (κ2) is 6.61. The van der Waals surface area contributed by atoms with Gasteiger partial charge in [0.05, 0.1) is 28.8 Å². The number of aliphatic hydroxyl groups excluding tert-OH is 1. The number of carboxylic acid groups (broad SMARTS) is 1. The summed E-state index contributed by atoms with van der Waals surface area (Å²) < 4.78 is 0. The molecule has 0 bridgehead atoms. The van der Waals surface area contributed by atoms with Crippen LogP contribution in [-0.2, 0) is 14.4 Å². The van der Waals surface area contributed by atoms with Crippen LogP contribution in [0.2, 0.25) is 5.02 Å². The molecule has 3 aliphatic rings. The van der Waals surface area contributed by atoms with Crippen LogP contribution in [0.15, 0.2) is 59.1 Å². The van der Waals surface area contributed by atoms with Crippen LogP contribution in [0.1, 0.15) is 15.9 Å². The first kappa shape index (κ1) is 19.2. The van der Waals surface area contributed by atoms with E-state index in [0.29, 0.717) is 5.02 Å². The number of aliphatic carboxylic acids is 1. The number of nitrogens with zero attached hydrogens (tertiary/aromatic N) is 2. The zero-order valence-corrected chi connectivity index (χ0v) is 16.4. The molecule has 0 radical (unpaired) electrons. The van der Waals surface area contributed by atoms with Crippen molar-refractivity contribution < 1.29 is 29.4 Å². The highest BCUT2D eigenvalue weighted by atomic mass is 35.5. The van der Waals surface area contributed by atoms with Crippen molar-refractivity contribution in [3.63, 3.8) is 0 Å². The van der Waals surface area contributed by atoms with Crippen molar-refractivity contribution in [1.29, 1.82) is 0 Å². The molecule has 3 atom stereocenters. The Bertz CT molecular complexity index is 1260. The van der Waals surface area contributed by atoms with Crippen molar-refractivity contribution in [2.24, 2.45) is 16.8 Å². The third-order valence-electron chi connectivity index (χ3n) is 5.75. The summed E-state index contributed by atoms with van der Waals surface area (Å²) in [4.78, 5) is 56.2. The molecule has 2 aliphatic heterocycles. The van der Waals surface area contributed by atoms with E-state index in [9.17, 15) is 29.4 Å². The summed E-state index contributed by atoms with van der Waals surface area (Å²) in [6.45, 7) is 0. The minimum atomic E-state index is -1.55. The van der Waals surface area contributed by atoms with E-state index in [1.807, 2.05) is 0 Å². The third kappa shape index (κ3) is 2.58. The van der Waals surface area contributed by atoms with E-state index in [1.54, 1.807) is 18.2 Å². The van der Waals surface area contributed by atoms with Gasteiger partial charge in [0.25, 0.3) is 0 Å². The summed E-state index contributed by atoms with van der Waals surface area (Å²) in [5.74, 6) is -6.38. The van der Waals surface area contributed by atoms with Crippen LogP contribution >= 0.6 is 11.6 Å². The van der Waals surface area contributed by atoms with Crippen molar-refractivity contribution >= 4 is 52.3 Å². The first-order valence-corrected chi connectivity index (χ1v) is 9.70. The van der Waals surface area contributed by atoms with E-state index in [4.69, 9.17) is 11.6 Å². The lowest BCUT2D eigenvalue weighted by Gasteiger charge is -2.17. The SMILES string of the molecule is O=C1C(C2=N[C@H](C(=O)O)[C@H]3C(=O)N(c4ccc(Cl)cc4)C(=O)[C@@H]23)=C(O)c2ccccc21. The molecule has 1 aliphatic carbocycles. The Hall–Kier alpha value is -3.78. The number of anilines is 1. The Labute approximate surface area is 180 Å². The Balaban J connectivity index is 1.63. The average Bonchev–Trinajstić information content (AvgIpc) is 3.34. The van der Waals surface area contributed by atoms with Gasteiger partial charge in [0, 0.05) is 16.1 Å². The predicted molar refractivity (Wildman–Crippen MR) is 110 cm³/mol. The Kier molecular flexibility index (Phi) is 4.10. The molecular weight excluding hydrogens is 424 g/mol. The molecule has 2 heterocycles. The van der Waals surface area contributed by atoms with Crippen molar-refractivity contribution in [3.8, 4) is 0 Å². The number of hydrogen-bond donors (Lipinski definition) is 2. The average molecular weight is 437 g/mol. The van der Waals surface area contributed by atoms with Crippen LogP contribution in [0.5, 0.6) is 0 Å². The zero-order valence-electron chi connectivity index (χ0n) is 15.7. The van der Waals surface area contributed by atoms with Gasteiger partial charge in [0.1, 0.15) is 5.76 Å². The molecule has 0 aromatic heterocycles. The third-order valence-corrected chi connectivity index (χ3v) is 6.00. The number of rotatable bonds is 3. The molecule has 0 spiro atoms. The first-order chi connectivity index (χ1) is 14.8. The summed E-state index contributed by atoms with van der Waals surface area (Å²) in [5.41, 5.74) is 0.313. The largest absolute Gasteiger partial charge is 0.506 e. The number of aliphatic imine (C=N–C) groups is 1. The fraction of sp³-hybridized carbons (Fsp3) is 0.136. The lowest BCUT2D eigenvalue weighted by atomic mass is 9.85. The number of carbonyl (C=O) groups is 4. The minimum Gasteiger partial charge on any atom is -0.506 e. The quantitative estimate of drug-likeness (QED) is 0.712. The highest BCUT2D eigenvalue weighted by molar-refractivity contribution is 6.43. The highest BCUT2D eigenvalue weighted by Gasteiger charge is 2.60. The minimum absolute atomic E-state index is 0.175. The van der Waals surface area contributed by atoms with Crippen LogP contribution in [0.3, 0.4) is 0 Å². The van der Waals surface area contributed by atoms with Gasteiger partial charge in [-0.3, -0.25) is 19.4 Å². The Morgan fingerprint density at radius 2 is 1.61 bits per heavy atom. The van der Waals surface area contributed by atoms with Crippen LogP contribution < -0.4 is 4.90 Å². The molecule has 154 valence electrons. The van der Waals surface area contributed by atoms with Crippen LogP contribution in [0.25, 0.3) is 5.76 Å². The first-order valence-electron chi connectivity index (χ1n) is 9.33. The summed E-state index contributed by atoms with van der Waals surface area (Å²) in [7, 11) is 0. The number of halogens is 1. The zero-order chi connectivity index (χ0) is 22.0. The van der Waals surface area contributed by atoms with Gasteiger partial charge in [-0.05, 0) is 24.3 Å². The maximum Gasteiger partial charge on any atom is 0.329 e. The second-order valence-electron chi connectivity index (χ2n) is 7.39. The van der Waals surface area contributed by atoms with E-state index in [2.05, 4.69) is 4.99 Å². The van der Waals surface area contributed by atoms with Gasteiger partial charge in [-0.1, -0.05) is 35.9 Å². The molecule has 2 amide bonds. The monoisotopic (exact) mass is 436 g/mol. The molecule has 2 aromatic carbocycles. The lowest BCUT2D eigenvalue weighted by Crippen LogP contribution is -2.35. The molecular formula is C22H13ClN2O6. The van der Waals surface area contributed by atoms with E-state index < -0.39 is 41.4 Å². The topological polar surface area (TPSA) is 124 Å². The Morgan fingerprint density at radius 1 is 0.968 bits per heavy atom.